The highest BCUT2D eigenvalue weighted by atomic mass is 19.4. The first-order valence-electron chi connectivity index (χ1n) is 8.75. The van der Waals surface area contributed by atoms with Gasteiger partial charge < -0.3 is 16.0 Å². The second-order valence-electron chi connectivity index (χ2n) is 7.33. The second-order valence-corrected chi connectivity index (χ2v) is 7.33. The molecule has 1 heterocycles. The minimum atomic E-state index is -4.44. The van der Waals surface area contributed by atoms with Crippen LogP contribution in [0.1, 0.15) is 57.8 Å². The Morgan fingerprint density at radius 2 is 1.83 bits per heavy atom. The van der Waals surface area contributed by atoms with Crippen LogP contribution in [0.25, 0.3) is 0 Å². The number of hydrogen-bond donors (Lipinski definition) is 3. The molecule has 5 nitrogen and oxygen atoms in total. The lowest BCUT2D eigenvalue weighted by atomic mass is 9.68. The fraction of sp³-hybridized carbons (Fsp3) is 0.875. The summed E-state index contributed by atoms with van der Waals surface area (Å²) in [5.41, 5.74) is -0.465. The van der Waals surface area contributed by atoms with E-state index in [1.807, 2.05) is 0 Å². The van der Waals surface area contributed by atoms with E-state index in [1.165, 1.54) is 0 Å². The number of urea groups is 1. The summed E-state index contributed by atoms with van der Waals surface area (Å²) in [6.07, 6.45) is 1.33. The van der Waals surface area contributed by atoms with E-state index in [1.54, 1.807) is 0 Å². The largest absolute Gasteiger partial charge is 0.408 e. The van der Waals surface area contributed by atoms with Gasteiger partial charge in [0.1, 0.15) is 6.04 Å². The highest BCUT2D eigenvalue weighted by molar-refractivity contribution is 5.80. The van der Waals surface area contributed by atoms with E-state index in [4.69, 9.17) is 0 Å². The van der Waals surface area contributed by atoms with E-state index < -0.39 is 29.7 Å². The molecule has 3 aliphatic rings. The number of piperidine rings is 1. The van der Waals surface area contributed by atoms with Gasteiger partial charge in [-0.1, -0.05) is 12.8 Å². The average molecular weight is 347 g/mol. The van der Waals surface area contributed by atoms with Crippen molar-refractivity contribution in [2.45, 2.75) is 81.6 Å². The van der Waals surface area contributed by atoms with E-state index in [2.05, 4.69) is 16.0 Å². The highest BCUT2D eigenvalue weighted by Crippen LogP contribution is 2.39. The minimum absolute atomic E-state index is 0.0488. The third-order valence-electron chi connectivity index (χ3n) is 5.78. The zero-order valence-electron chi connectivity index (χ0n) is 13.5. The Morgan fingerprint density at radius 3 is 2.38 bits per heavy atom. The lowest BCUT2D eigenvalue weighted by Crippen LogP contribution is -2.69. The summed E-state index contributed by atoms with van der Waals surface area (Å²) in [7, 11) is 0. The summed E-state index contributed by atoms with van der Waals surface area (Å²) < 4.78 is 39.9. The topological polar surface area (TPSA) is 70.2 Å². The first kappa shape index (κ1) is 17.4. The normalized spacial score (nSPS) is 28.1. The van der Waals surface area contributed by atoms with Crippen molar-refractivity contribution in [1.82, 2.24) is 16.0 Å². The first-order chi connectivity index (χ1) is 11.3. The molecule has 0 aromatic heterocycles. The summed E-state index contributed by atoms with van der Waals surface area (Å²) >= 11 is 0. The maximum Gasteiger partial charge on any atom is 0.408 e. The van der Waals surface area contributed by atoms with Crippen LogP contribution in [-0.2, 0) is 4.79 Å². The van der Waals surface area contributed by atoms with Gasteiger partial charge in [0.2, 0.25) is 5.91 Å². The Morgan fingerprint density at radius 1 is 1.17 bits per heavy atom. The van der Waals surface area contributed by atoms with Crippen molar-refractivity contribution >= 4 is 11.9 Å². The number of hydrogen-bond acceptors (Lipinski definition) is 2. The van der Waals surface area contributed by atoms with Gasteiger partial charge in [-0.15, -0.1) is 0 Å². The van der Waals surface area contributed by atoms with E-state index in [9.17, 15) is 22.8 Å². The van der Waals surface area contributed by atoms with E-state index in [0.29, 0.717) is 19.3 Å². The van der Waals surface area contributed by atoms with Crippen LogP contribution >= 0.6 is 0 Å². The molecule has 3 rings (SSSR count). The van der Waals surface area contributed by atoms with Gasteiger partial charge in [0.05, 0.1) is 11.6 Å². The lowest BCUT2D eigenvalue weighted by Gasteiger charge is -2.51. The Bertz CT molecular complexity index is 499. The van der Waals surface area contributed by atoms with E-state index in [0.717, 1.165) is 32.1 Å². The van der Waals surface area contributed by atoms with E-state index in [-0.39, 0.29) is 18.4 Å². The van der Waals surface area contributed by atoms with Crippen LogP contribution in [0.4, 0.5) is 18.0 Å². The number of amides is 3. The molecule has 8 heteroatoms. The molecular formula is C16H24F3N3O2. The number of alkyl halides is 3. The Kier molecular flexibility index (Phi) is 4.66. The average Bonchev–Trinajstić information content (AvgIpc) is 2.97. The number of rotatable bonds is 3. The van der Waals surface area contributed by atoms with Crippen LogP contribution in [-0.4, -0.2) is 35.7 Å². The van der Waals surface area contributed by atoms with Crippen molar-refractivity contribution < 1.29 is 22.8 Å². The third-order valence-corrected chi connectivity index (χ3v) is 5.78. The zero-order valence-corrected chi connectivity index (χ0v) is 13.5. The van der Waals surface area contributed by atoms with Crippen LogP contribution < -0.4 is 16.0 Å². The van der Waals surface area contributed by atoms with Crippen molar-refractivity contribution in [2.75, 3.05) is 0 Å². The Hall–Kier alpha value is -1.47. The molecule has 0 radical (unpaired) electrons. The minimum Gasteiger partial charge on any atom is -0.349 e. The van der Waals surface area contributed by atoms with Crippen LogP contribution in [0.3, 0.4) is 0 Å². The van der Waals surface area contributed by atoms with Gasteiger partial charge in [-0.3, -0.25) is 4.79 Å². The van der Waals surface area contributed by atoms with Gasteiger partial charge in [0.25, 0.3) is 0 Å². The quantitative estimate of drug-likeness (QED) is 0.734. The highest BCUT2D eigenvalue weighted by Gasteiger charge is 2.50. The molecule has 0 aromatic carbocycles. The van der Waals surface area contributed by atoms with Crippen LogP contribution in [0.5, 0.6) is 0 Å². The van der Waals surface area contributed by atoms with Crippen molar-refractivity contribution in [3.8, 4) is 0 Å². The van der Waals surface area contributed by atoms with Gasteiger partial charge in [0, 0.05) is 6.42 Å². The first-order valence-corrected chi connectivity index (χ1v) is 8.75. The SMILES string of the molecule is O=C1CC[C@@H](NC(=O)N[C@@H](C2CCCC2)C(F)(F)F)C2(CCC2)N1. The smallest absolute Gasteiger partial charge is 0.349 e. The molecule has 2 aliphatic carbocycles. The molecular weight excluding hydrogens is 323 g/mol. The molecule has 0 aromatic rings. The van der Waals surface area contributed by atoms with Crippen molar-refractivity contribution in [1.29, 1.82) is 0 Å². The molecule has 3 amide bonds. The van der Waals surface area contributed by atoms with Crippen molar-refractivity contribution in [2.24, 2.45) is 5.92 Å². The third kappa shape index (κ3) is 3.47. The van der Waals surface area contributed by atoms with E-state index >= 15 is 0 Å². The predicted octanol–water partition coefficient (Wildman–Crippen LogP) is 2.61. The number of carbonyl (C=O) groups is 2. The summed E-state index contributed by atoms with van der Waals surface area (Å²) in [5.74, 6) is -0.591. The molecule has 1 spiro atoms. The number of carbonyl (C=O) groups excluding carboxylic acids is 2. The maximum atomic E-state index is 13.3. The summed E-state index contributed by atoms with van der Waals surface area (Å²) in [4.78, 5) is 23.8. The summed E-state index contributed by atoms with van der Waals surface area (Å²) in [5, 5.41) is 7.77. The van der Waals surface area contributed by atoms with Gasteiger partial charge in [0.15, 0.2) is 0 Å². The number of halogens is 3. The van der Waals surface area contributed by atoms with Gasteiger partial charge in [-0.2, -0.15) is 13.2 Å². The molecule has 136 valence electrons. The fourth-order valence-electron chi connectivity index (χ4n) is 4.32. The van der Waals surface area contributed by atoms with Crippen LogP contribution in [0.2, 0.25) is 0 Å². The molecule has 0 bridgehead atoms. The molecule has 24 heavy (non-hydrogen) atoms. The molecule has 1 aliphatic heterocycles. The van der Waals surface area contributed by atoms with Gasteiger partial charge in [-0.05, 0) is 44.4 Å². The predicted molar refractivity (Wildman–Crippen MR) is 81.2 cm³/mol. The Balaban J connectivity index is 1.62. The van der Waals surface area contributed by atoms with Crippen molar-refractivity contribution in [3.05, 3.63) is 0 Å². The molecule has 1 saturated heterocycles. The molecule has 0 unspecified atom stereocenters. The standard InChI is InChI=1S/C16H24F3N3O2/c17-16(18,19)13(10-4-1-2-5-10)21-14(24)20-11-6-7-12(23)22-15(11)8-3-9-15/h10-11,13H,1-9H2,(H,22,23)(H2,20,21,24)/t11-,13+/m1/s1. The van der Waals surface area contributed by atoms with Crippen LogP contribution in [0, 0.1) is 5.92 Å². The zero-order chi connectivity index (χ0) is 17.4. The van der Waals surface area contributed by atoms with Crippen LogP contribution in [0.15, 0.2) is 0 Å². The molecule has 2 saturated carbocycles. The summed E-state index contributed by atoms with van der Waals surface area (Å²) in [6.45, 7) is 0. The maximum absolute atomic E-state index is 13.3. The number of nitrogens with one attached hydrogen (secondary N) is 3. The second kappa shape index (κ2) is 6.44. The fourth-order valence-corrected chi connectivity index (χ4v) is 4.32. The van der Waals surface area contributed by atoms with Gasteiger partial charge >= 0.3 is 12.2 Å². The lowest BCUT2D eigenvalue weighted by molar-refractivity contribution is -0.164. The summed E-state index contributed by atoms with van der Waals surface area (Å²) in [6, 6.07) is -2.88. The molecule has 3 N–H and O–H groups in total. The molecule has 3 fully saturated rings. The van der Waals surface area contributed by atoms with Crippen molar-refractivity contribution in [3.63, 3.8) is 0 Å². The monoisotopic (exact) mass is 347 g/mol. The molecule has 2 atom stereocenters. The Labute approximate surface area is 139 Å². The van der Waals surface area contributed by atoms with Gasteiger partial charge in [-0.25, -0.2) is 4.79 Å².